The number of ketones is 1. The highest BCUT2D eigenvalue weighted by Crippen LogP contribution is 2.43. The molecule has 1 N–H and O–H groups in total. The molecule has 1 heterocycles. The van der Waals surface area contributed by atoms with Gasteiger partial charge in [0.25, 0.3) is 0 Å². The molecule has 0 unspecified atom stereocenters. The molecule has 8 heteroatoms. The van der Waals surface area contributed by atoms with Crippen LogP contribution < -0.4 is 9.47 Å². The molecule has 1 fully saturated rings. The normalized spacial score (nSPS) is 16.7. The average molecular weight is 488 g/mol. The molecule has 3 rings (SSSR count). The van der Waals surface area contributed by atoms with Crippen LogP contribution >= 0.6 is 0 Å². The number of methoxy groups -OCH3 is 2. The van der Waals surface area contributed by atoms with Crippen molar-refractivity contribution in [3.8, 4) is 17.2 Å². The molecule has 1 saturated carbocycles. The molecule has 1 aliphatic carbocycles. The van der Waals surface area contributed by atoms with E-state index in [1.807, 2.05) is 6.92 Å². The van der Waals surface area contributed by atoms with E-state index >= 15 is 0 Å². The molecule has 7 nitrogen and oxygen atoms in total. The van der Waals surface area contributed by atoms with Crippen LogP contribution in [0.3, 0.4) is 0 Å². The van der Waals surface area contributed by atoms with Gasteiger partial charge < -0.3 is 19.3 Å². The van der Waals surface area contributed by atoms with E-state index in [1.165, 1.54) is 45.0 Å². The third-order valence-corrected chi connectivity index (χ3v) is 6.79. The number of esters is 1. The topological polar surface area (TPSA) is 95.0 Å². The second-order valence-electron chi connectivity index (χ2n) is 9.19. The Morgan fingerprint density at radius 1 is 1.09 bits per heavy atom. The van der Waals surface area contributed by atoms with Crippen LogP contribution in [0.2, 0.25) is 0 Å². The highest BCUT2D eigenvalue weighted by atomic mass is 19.1. The van der Waals surface area contributed by atoms with Gasteiger partial charge in [0.05, 0.1) is 20.1 Å². The lowest BCUT2D eigenvalue weighted by Crippen LogP contribution is -2.32. The first kappa shape index (κ1) is 26.4. The smallest absolute Gasteiger partial charge is 0.309 e. The molecular formula is C27H34FNO6. The number of carbonyl (C=O) groups excluding carboxylic acids is 2. The predicted octanol–water partition coefficient (Wildman–Crippen LogP) is 5.45. The van der Waals surface area contributed by atoms with E-state index in [-0.39, 0.29) is 41.3 Å². The Morgan fingerprint density at radius 2 is 1.77 bits per heavy atom. The Kier molecular flexibility index (Phi) is 9.07. The Morgan fingerprint density at radius 3 is 2.43 bits per heavy atom. The molecule has 0 spiro atoms. The van der Waals surface area contributed by atoms with Crippen LogP contribution in [0.4, 0.5) is 4.39 Å². The SMILES string of the molecule is COc1cc(F)ccc1[C@@H](C1CCCCC1)[C@H](C)OC(=O)[C@H](C)CC(=O)c1nccc(OC)c1O. The number of benzene rings is 1. The number of carbonyl (C=O) groups is 2. The maximum atomic E-state index is 13.9. The maximum Gasteiger partial charge on any atom is 0.309 e. The molecule has 35 heavy (non-hydrogen) atoms. The average Bonchev–Trinajstić information content (AvgIpc) is 2.85. The van der Waals surface area contributed by atoms with Gasteiger partial charge in [-0.2, -0.15) is 0 Å². The standard InChI is InChI=1S/C27H34FNO6/c1-16(14-21(30)25-26(31)22(33-3)12-13-29-25)27(32)35-17(2)24(18-8-6-5-7-9-18)20-11-10-19(28)15-23(20)34-4/h10-13,15-18,24,31H,5-9,14H2,1-4H3/t16-,17+,24-/m1/s1. The van der Waals surface area contributed by atoms with Crippen LogP contribution in [0.5, 0.6) is 17.2 Å². The first-order valence-electron chi connectivity index (χ1n) is 12.1. The number of halogens is 1. The van der Waals surface area contributed by atoms with E-state index in [2.05, 4.69) is 4.98 Å². The lowest BCUT2D eigenvalue weighted by atomic mass is 9.74. The summed E-state index contributed by atoms with van der Waals surface area (Å²) in [6.07, 6.45) is 6.01. The van der Waals surface area contributed by atoms with Crippen molar-refractivity contribution in [3.05, 3.63) is 47.5 Å². The lowest BCUT2D eigenvalue weighted by Gasteiger charge is -2.35. The number of nitrogens with zero attached hydrogens (tertiary/aromatic N) is 1. The van der Waals surface area contributed by atoms with Gasteiger partial charge in [-0.3, -0.25) is 9.59 Å². The minimum Gasteiger partial charge on any atom is -0.503 e. The summed E-state index contributed by atoms with van der Waals surface area (Å²) in [7, 11) is 2.88. The van der Waals surface area contributed by atoms with Crippen LogP contribution in [-0.4, -0.2) is 42.2 Å². The van der Waals surface area contributed by atoms with Gasteiger partial charge in [-0.25, -0.2) is 9.37 Å². The lowest BCUT2D eigenvalue weighted by molar-refractivity contribution is -0.154. The molecular weight excluding hydrogens is 453 g/mol. The van der Waals surface area contributed by atoms with Gasteiger partial charge in [-0.1, -0.05) is 32.3 Å². The molecule has 3 atom stereocenters. The van der Waals surface area contributed by atoms with Crippen molar-refractivity contribution in [1.29, 1.82) is 0 Å². The molecule has 1 aromatic heterocycles. The van der Waals surface area contributed by atoms with E-state index in [0.717, 1.165) is 31.2 Å². The molecule has 1 aliphatic rings. The van der Waals surface area contributed by atoms with Crippen LogP contribution in [0.1, 0.15) is 74.3 Å². The first-order chi connectivity index (χ1) is 16.8. The summed E-state index contributed by atoms with van der Waals surface area (Å²) in [6, 6.07) is 5.91. The maximum absolute atomic E-state index is 13.9. The molecule has 2 aromatic rings. The van der Waals surface area contributed by atoms with E-state index in [1.54, 1.807) is 13.0 Å². The summed E-state index contributed by atoms with van der Waals surface area (Å²) < 4.78 is 30.2. The van der Waals surface area contributed by atoms with E-state index in [0.29, 0.717) is 5.75 Å². The highest BCUT2D eigenvalue weighted by molar-refractivity contribution is 5.99. The molecule has 0 bridgehead atoms. The van der Waals surface area contributed by atoms with Crippen molar-refractivity contribution in [1.82, 2.24) is 4.98 Å². The summed E-state index contributed by atoms with van der Waals surface area (Å²) in [5, 5.41) is 10.2. The fourth-order valence-electron chi connectivity index (χ4n) is 4.98. The van der Waals surface area contributed by atoms with Gasteiger partial charge in [-0.05, 0) is 31.7 Å². The monoisotopic (exact) mass is 487 g/mol. The summed E-state index contributed by atoms with van der Waals surface area (Å²) in [6.45, 7) is 3.45. The second kappa shape index (κ2) is 12.0. The number of hydrogen-bond acceptors (Lipinski definition) is 7. The number of aromatic hydroxyl groups is 1. The van der Waals surface area contributed by atoms with E-state index in [9.17, 15) is 19.1 Å². The fourth-order valence-corrected chi connectivity index (χ4v) is 4.98. The van der Waals surface area contributed by atoms with Crippen molar-refractivity contribution >= 4 is 11.8 Å². The van der Waals surface area contributed by atoms with Crippen molar-refractivity contribution in [2.75, 3.05) is 14.2 Å². The predicted molar refractivity (Wildman–Crippen MR) is 128 cm³/mol. The summed E-state index contributed by atoms with van der Waals surface area (Å²) in [5.74, 6) is -1.82. The molecule has 0 saturated heterocycles. The fraction of sp³-hybridized carbons (Fsp3) is 0.519. The Labute approximate surface area is 205 Å². The van der Waals surface area contributed by atoms with Crippen molar-refractivity contribution < 1.29 is 33.3 Å². The van der Waals surface area contributed by atoms with Crippen LogP contribution in [0.25, 0.3) is 0 Å². The van der Waals surface area contributed by atoms with Crippen molar-refractivity contribution in [2.24, 2.45) is 11.8 Å². The summed E-state index contributed by atoms with van der Waals surface area (Å²) in [4.78, 5) is 29.6. The number of Topliss-reactive ketones (excluding diaryl/α,β-unsaturated/α-hetero) is 1. The quantitative estimate of drug-likeness (QED) is 0.352. The minimum atomic E-state index is -0.750. The van der Waals surface area contributed by atoms with Gasteiger partial charge in [-0.15, -0.1) is 0 Å². The summed E-state index contributed by atoms with van der Waals surface area (Å²) >= 11 is 0. The van der Waals surface area contributed by atoms with Crippen LogP contribution in [-0.2, 0) is 9.53 Å². The Bertz CT molecular complexity index is 1040. The molecule has 0 amide bonds. The van der Waals surface area contributed by atoms with E-state index < -0.39 is 23.8 Å². The Balaban J connectivity index is 1.76. The van der Waals surface area contributed by atoms with Gasteiger partial charge >= 0.3 is 5.97 Å². The number of rotatable bonds is 10. The number of hydrogen-bond donors (Lipinski definition) is 1. The van der Waals surface area contributed by atoms with Gasteiger partial charge in [0.15, 0.2) is 23.0 Å². The molecule has 1 aromatic carbocycles. The summed E-state index contributed by atoms with van der Waals surface area (Å²) in [5.41, 5.74) is 0.670. The zero-order chi connectivity index (χ0) is 25.5. The zero-order valence-electron chi connectivity index (χ0n) is 20.8. The number of aromatic nitrogens is 1. The number of pyridine rings is 1. The van der Waals surface area contributed by atoms with Crippen LogP contribution in [0, 0.1) is 17.7 Å². The van der Waals surface area contributed by atoms with Crippen LogP contribution in [0.15, 0.2) is 30.5 Å². The zero-order valence-corrected chi connectivity index (χ0v) is 20.8. The second-order valence-corrected chi connectivity index (χ2v) is 9.19. The van der Waals surface area contributed by atoms with Gasteiger partial charge in [0.1, 0.15) is 17.7 Å². The third-order valence-electron chi connectivity index (χ3n) is 6.79. The highest BCUT2D eigenvalue weighted by Gasteiger charge is 2.35. The molecule has 0 radical (unpaired) electrons. The van der Waals surface area contributed by atoms with Crippen molar-refractivity contribution in [3.63, 3.8) is 0 Å². The largest absolute Gasteiger partial charge is 0.503 e. The van der Waals surface area contributed by atoms with Crippen molar-refractivity contribution in [2.45, 2.75) is 64.4 Å². The Hall–Kier alpha value is -3.16. The molecule has 0 aliphatic heterocycles. The van der Waals surface area contributed by atoms with Gasteiger partial charge in [0, 0.05) is 36.2 Å². The first-order valence-corrected chi connectivity index (χ1v) is 12.1. The minimum absolute atomic E-state index is 0.135. The molecule has 190 valence electrons. The third kappa shape index (κ3) is 6.29. The van der Waals surface area contributed by atoms with Gasteiger partial charge in [0.2, 0.25) is 0 Å². The van der Waals surface area contributed by atoms with E-state index in [4.69, 9.17) is 14.2 Å². The number of ether oxygens (including phenoxy) is 3.